The molecule has 0 radical (unpaired) electrons. The van der Waals surface area contributed by atoms with Gasteiger partial charge < -0.3 is 16.4 Å². The van der Waals surface area contributed by atoms with Crippen molar-refractivity contribution in [1.29, 1.82) is 0 Å². The molecule has 5 heteroatoms. The average molecular weight is 318 g/mol. The third-order valence-corrected chi connectivity index (χ3v) is 4.74. The van der Waals surface area contributed by atoms with E-state index < -0.39 is 0 Å². The molecule has 4 N–H and O–H groups in total. The molecule has 0 aromatic heterocycles. The summed E-state index contributed by atoms with van der Waals surface area (Å²) in [4.78, 5) is 4.75. The van der Waals surface area contributed by atoms with E-state index in [1.165, 1.54) is 50.7 Å². The quantitative estimate of drug-likeness (QED) is 0.577. The van der Waals surface area contributed by atoms with E-state index >= 15 is 0 Å². The van der Waals surface area contributed by atoms with E-state index in [0.717, 1.165) is 24.7 Å². The first-order valence-corrected chi connectivity index (χ1v) is 8.76. The molecule has 1 aromatic rings. The SMILES string of the molecule is NCC1CCCC(CN=C(Nc2cccc(F)c2)NC2CC2)C1. The standard InChI is InChI=1S/C18H27FN4/c19-15-5-2-6-17(10-15)23-18(22-16-7-8-16)21-12-14-4-1-3-13(9-14)11-20/h2,5-6,10,13-14,16H,1,3-4,7-9,11-12,20H2,(H2,21,22,23). The van der Waals surface area contributed by atoms with Gasteiger partial charge in [0.25, 0.3) is 0 Å². The predicted octanol–water partition coefficient (Wildman–Crippen LogP) is 3.11. The molecule has 23 heavy (non-hydrogen) atoms. The number of nitrogens with one attached hydrogen (secondary N) is 2. The number of anilines is 1. The molecule has 0 bridgehead atoms. The minimum absolute atomic E-state index is 0.237. The number of rotatable bonds is 5. The average Bonchev–Trinajstić information content (AvgIpc) is 3.37. The summed E-state index contributed by atoms with van der Waals surface area (Å²) >= 11 is 0. The van der Waals surface area contributed by atoms with Crippen LogP contribution in [-0.2, 0) is 0 Å². The van der Waals surface area contributed by atoms with Gasteiger partial charge >= 0.3 is 0 Å². The maximum atomic E-state index is 13.3. The lowest BCUT2D eigenvalue weighted by molar-refractivity contribution is 0.277. The van der Waals surface area contributed by atoms with Gasteiger partial charge in [0, 0.05) is 18.3 Å². The fourth-order valence-electron chi connectivity index (χ4n) is 3.25. The number of hydrogen-bond acceptors (Lipinski definition) is 2. The molecular formula is C18H27FN4. The summed E-state index contributed by atoms with van der Waals surface area (Å²) in [6.07, 6.45) is 7.29. The molecule has 2 fully saturated rings. The summed E-state index contributed by atoms with van der Waals surface area (Å²) in [7, 11) is 0. The van der Waals surface area contributed by atoms with E-state index in [1.54, 1.807) is 6.07 Å². The largest absolute Gasteiger partial charge is 0.353 e. The number of hydrogen-bond donors (Lipinski definition) is 3. The van der Waals surface area contributed by atoms with Crippen LogP contribution in [0.2, 0.25) is 0 Å². The van der Waals surface area contributed by atoms with Crippen LogP contribution in [0.3, 0.4) is 0 Å². The zero-order valence-electron chi connectivity index (χ0n) is 13.6. The molecule has 0 aliphatic heterocycles. The van der Waals surface area contributed by atoms with Gasteiger partial charge in [-0.3, -0.25) is 4.99 Å². The van der Waals surface area contributed by atoms with Gasteiger partial charge in [-0.25, -0.2) is 4.39 Å². The molecule has 126 valence electrons. The van der Waals surface area contributed by atoms with Crippen LogP contribution in [0.25, 0.3) is 0 Å². The van der Waals surface area contributed by atoms with Gasteiger partial charge in [0.1, 0.15) is 5.82 Å². The van der Waals surface area contributed by atoms with Gasteiger partial charge in [0.05, 0.1) is 0 Å². The van der Waals surface area contributed by atoms with Crippen molar-refractivity contribution in [3.8, 4) is 0 Å². The lowest BCUT2D eigenvalue weighted by Gasteiger charge is -2.27. The van der Waals surface area contributed by atoms with Crippen molar-refractivity contribution in [2.75, 3.05) is 18.4 Å². The van der Waals surface area contributed by atoms with Crippen molar-refractivity contribution in [2.45, 2.75) is 44.6 Å². The van der Waals surface area contributed by atoms with Crippen LogP contribution in [0, 0.1) is 17.7 Å². The van der Waals surface area contributed by atoms with Gasteiger partial charge in [-0.05, 0) is 68.7 Å². The van der Waals surface area contributed by atoms with E-state index in [9.17, 15) is 4.39 Å². The molecule has 2 saturated carbocycles. The van der Waals surface area contributed by atoms with Crippen molar-refractivity contribution in [3.05, 3.63) is 30.1 Å². The summed E-state index contributed by atoms with van der Waals surface area (Å²) in [6.45, 7) is 1.60. The molecule has 0 saturated heterocycles. The topological polar surface area (TPSA) is 62.4 Å². The molecule has 4 nitrogen and oxygen atoms in total. The van der Waals surface area contributed by atoms with Crippen molar-refractivity contribution >= 4 is 11.6 Å². The lowest BCUT2D eigenvalue weighted by atomic mass is 9.81. The van der Waals surface area contributed by atoms with Gasteiger partial charge in [-0.1, -0.05) is 12.5 Å². The second-order valence-electron chi connectivity index (χ2n) is 6.88. The summed E-state index contributed by atoms with van der Waals surface area (Å²) in [5, 5.41) is 6.65. The Morgan fingerprint density at radius 3 is 2.78 bits per heavy atom. The van der Waals surface area contributed by atoms with Crippen LogP contribution in [0.5, 0.6) is 0 Å². The van der Waals surface area contributed by atoms with Gasteiger partial charge in [-0.15, -0.1) is 0 Å². The molecule has 0 heterocycles. The Kier molecular flexibility index (Phi) is 5.49. The highest BCUT2D eigenvalue weighted by molar-refractivity contribution is 5.94. The second-order valence-corrected chi connectivity index (χ2v) is 6.88. The van der Waals surface area contributed by atoms with Crippen molar-refractivity contribution < 1.29 is 4.39 Å². The Hall–Kier alpha value is -1.62. The van der Waals surface area contributed by atoms with Crippen molar-refractivity contribution in [1.82, 2.24) is 5.32 Å². The first-order chi connectivity index (χ1) is 11.2. The monoisotopic (exact) mass is 318 g/mol. The molecule has 2 aliphatic rings. The van der Waals surface area contributed by atoms with Crippen LogP contribution in [0.15, 0.2) is 29.3 Å². The number of guanidine groups is 1. The number of aliphatic imine (C=N–C) groups is 1. The number of nitrogens with zero attached hydrogens (tertiary/aromatic N) is 1. The lowest BCUT2D eigenvalue weighted by Crippen LogP contribution is -2.33. The van der Waals surface area contributed by atoms with Crippen LogP contribution in [-0.4, -0.2) is 25.1 Å². The van der Waals surface area contributed by atoms with Gasteiger partial charge in [0.2, 0.25) is 0 Å². The highest BCUT2D eigenvalue weighted by atomic mass is 19.1. The van der Waals surface area contributed by atoms with Gasteiger partial charge in [-0.2, -0.15) is 0 Å². The Balaban J connectivity index is 1.60. The summed E-state index contributed by atoms with van der Waals surface area (Å²) < 4.78 is 13.3. The first-order valence-electron chi connectivity index (χ1n) is 8.76. The van der Waals surface area contributed by atoms with Crippen LogP contribution in [0.1, 0.15) is 38.5 Å². The highest BCUT2D eigenvalue weighted by Crippen LogP contribution is 2.28. The Bertz CT molecular complexity index is 542. The summed E-state index contributed by atoms with van der Waals surface area (Å²) in [5.41, 5.74) is 6.55. The maximum absolute atomic E-state index is 13.3. The van der Waals surface area contributed by atoms with Crippen LogP contribution in [0.4, 0.5) is 10.1 Å². The third-order valence-electron chi connectivity index (χ3n) is 4.74. The normalized spacial score (nSPS) is 25.2. The fraction of sp³-hybridized carbons (Fsp3) is 0.611. The zero-order valence-corrected chi connectivity index (χ0v) is 13.6. The predicted molar refractivity (Wildman–Crippen MR) is 93.0 cm³/mol. The minimum Gasteiger partial charge on any atom is -0.353 e. The van der Waals surface area contributed by atoms with Gasteiger partial charge in [0.15, 0.2) is 5.96 Å². The smallest absolute Gasteiger partial charge is 0.196 e. The van der Waals surface area contributed by atoms with E-state index in [-0.39, 0.29) is 5.82 Å². The Morgan fingerprint density at radius 2 is 2.04 bits per heavy atom. The molecule has 2 aliphatic carbocycles. The molecule has 0 amide bonds. The zero-order chi connectivity index (χ0) is 16.1. The van der Waals surface area contributed by atoms with E-state index in [2.05, 4.69) is 10.6 Å². The third kappa shape index (κ3) is 5.20. The van der Waals surface area contributed by atoms with E-state index in [4.69, 9.17) is 10.7 Å². The minimum atomic E-state index is -0.237. The van der Waals surface area contributed by atoms with Crippen molar-refractivity contribution in [2.24, 2.45) is 22.6 Å². The molecule has 2 unspecified atom stereocenters. The molecule has 0 spiro atoms. The van der Waals surface area contributed by atoms with E-state index in [1.807, 2.05) is 6.07 Å². The van der Waals surface area contributed by atoms with Crippen LogP contribution >= 0.6 is 0 Å². The molecule has 2 atom stereocenters. The van der Waals surface area contributed by atoms with Crippen molar-refractivity contribution in [3.63, 3.8) is 0 Å². The van der Waals surface area contributed by atoms with Crippen LogP contribution < -0.4 is 16.4 Å². The second kappa shape index (κ2) is 7.77. The maximum Gasteiger partial charge on any atom is 0.196 e. The molecule has 3 rings (SSSR count). The summed E-state index contributed by atoms with van der Waals surface area (Å²) in [6, 6.07) is 7.02. The highest BCUT2D eigenvalue weighted by Gasteiger charge is 2.24. The number of benzene rings is 1. The van der Waals surface area contributed by atoms with E-state index in [0.29, 0.717) is 17.9 Å². The summed E-state index contributed by atoms with van der Waals surface area (Å²) in [5.74, 6) is 1.80. The molecular weight excluding hydrogens is 291 g/mol. The Labute approximate surface area is 137 Å². The first kappa shape index (κ1) is 16.2. The fourth-order valence-corrected chi connectivity index (χ4v) is 3.25. The number of nitrogens with two attached hydrogens (primary N) is 1. The molecule has 1 aromatic carbocycles. The number of halogens is 1. The Morgan fingerprint density at radius 1 is 1.22 bits per heavy atom.